The molecule has 76 valence electrons. The molecule has 0 fully saturated rings. The van der Waals surface area contributed by atoms with Gasteiger partial charge in [0.15, 0.2) is 0 Å². The predicted molar refractivity (Wildman–Crippen MR) is 59.6 cm³/mol. The van der Waals surface area contributed by atoms with Crippen LogP contribution < -0.4 is 5.32 Å². The number of halogens is 1. The van der Waals surface area contributed by atoms with Gasteiger partial charge in [0, 0.05) is 17.6 Å². The lowest BCUT2D eigenvalue weighted by Gasteiger charge is -2.07. The lowest BCUT2D eigenvalue weighted by atomic mass is 10.3. The van der Waals surface area contributed by atoms with Gasteiger partial charge in [-0.3, -0.25) is 9.78 Å². The molecule has 0 spiro atoms. The second kappa shape index (κ2) is 5.75. The number of rotatable bonds is 4. The number of alkyl halides is 1. The van der Waals surface area contributed by atoms with Crippen molar-refractivity contribution < 1.29 is 4.79 Å². The van der Waals surface area contributed by atoms with Gasteiger partial charge in [-0.25, -0.2) is 0 Å². The van der Waals surface area contributed by atoms with Gasteiger partial charge in [-0.1, -0.05) is 28.9 Å². The fourth-order valence-corrected chi connectivity index (χ4v) is 1.10. The summed E-state index contributed by atoms with van der Waals surface area (Å²) in [5.74, 6) is -0.122. The largest absolute Gasteiger partial charge is 0.350 e. The third-order valence-electron chi connectivity index (χ3n) is 1.82. The lowest BCUT2D eigenvalue weighted by molar-refractivity contribution is 0.0949. The van der Waals surface area contributed by atoms with Gasteiger partial charge in [0.25, 0.3) is 5.91 Å². The Bertz CT molecular complexity index is 289. The van der Waals surface area contributed by atoms with Gasteiger partial charge < -0.3 is 5.32 Å². The van der Waals surface area contributed by atoms with Gasteiger partial charge in [0.2, 0.25) is 0 Å². The average Bonchev–Trinajstić information content (AvgIpc) is 2.26. The van der Waals surface area contributed by atoms with Crippen LogP contribution in [0.15, 0.2) is 24.4 Å². The number of hydrogen-bond donors (Lipinski definition) is 1. The zero-order valence-corrected chi connectivity index (χ0v) is 9.62. The number of nitrogens with one attached hydrogen (secondary N) is 1. The summed E-state index contributed by atoms with van der Waals surface area (Å²) in [6.07, 6.45) is 2.60. The normalized spacial score (nSPS) is 12.1. The summed E-state index contributed by atoms with van der Waals surface area (Å²) in [6, 6.07) is 5.29. The van der Waals surface area contributed by atoms with E-state index in [0.717, 1.165) is 6.42 Å². The Balaban J connectivity index is 2.44. The molecular formula is C10H13BrN2O. The van der Waals surface area contributed by atoms with E-state index in [2.05, 4.69) is 33.2 Å². The molecule has 1 atom stereocenters. The van der Waals surface area contributed by atoms with E-state index < -0.39 is 0 Å². The number of carbonyl (C=O) groups is 1. The lowest BCUT2D eigenvalue weighted by Crippen LogP contribution is -2.29. The van der Waals surface area contributed by atoms with E-state index in [1.165, 1.54) is 0 Å². The molecule has 1 heterocycles. The molecular weight excluding hydrogens is 244 g/mol. The molecule has 0 aliphatic rings. The number of carbonyl (C=O) groups excluding carboxylic acids is 1. The molecule has 1 rings (SSSR count). The Morgan fingerprint density at radius 3 is 3.00 bits per heavy atom. The Labute approximate surface area is 92.1 Å². The number of amides is 1. The summed E-state index contributed by atoms with van der Waals surface area (Å²) in [6.45, 7) is 2.69. The van der Waals surface area contributed by atoms with Crippen molar-refractivity contribution in [1.82, 2.24) is 10.3 Å². The topological polar surface area (TPSA) is 42.0 Å². The fraction of sp³-hybridized carbons (Fsp3) is 0.400. The molecule has 0 saturated heterocycles. The molecule has 1 aromatic heterocycles. The molecule has 1 N–H and O–H groups in total. The van der Waals surface area contributed by atoms with Crippen LogP contribution in [0.1, 0.15) is 23.8 Å². The average molecular weight is 257 g/mol. The van der Waals surface area contributed by atoms with Crippen LogP contribution >= 0.6 is 15.9 Å². The first-order chi connectivity index (χ1) is 6.74. The van der Waals surface area contributed by atoms with E-state index in [1.807, 2.05) is 0 Å². The molecule has 1 amide bonds. The zero-order valence-electron chi connectivity index (χ0n) is 8.03. The summed E-state index contributed by atoms with van der Waals surface area (Å²) in [4.78, 5) is 15.8. The first kappa shape index (κ1) is 11.2. The van der Waals surface area contributed by atoms with Crippen LogP contribution in [-0.4, -0.2) is 22.3 Å². The monoisotopic (exact) mass is 256 g/mol. The highest BCUT2D eigenvalue weighted by molar-refractivity contribution is 9.09. The van der Waals surface area contributed by atoms with Crippen molar-refractivity contribution in [2.24, 2.45) is 0 Å². The molecule has 0 bridgehead atoms. The number of aromatic nitrogens is 1. The fourth-order valence-electron chi connectivity index (χ4n) is 0.935. The maximum Gasteiger partial charge on any atom is 0.269 e. The van der Waals surface area contributed by atoms with Crippen LogP contribution in [0.2, 0.25) is 0 Å². The maximum atomic E-state index is 11.5. The maximum absolute atomic E-state index is 11.5. The number of hydrogen-bond acceptors (Lipinski definition) is 2. The van der Waals surface area contributed by atoms with Crippen molar-refractivity contribution in [2.75, 3.05) is 6.54 Å². The summed E-state index contributed by atoms with van der Waals surface area (Å²) >= 11 is 3.44. The minimum Gasteiger partial charge on any atom is -0.350 e. The first-order valence-electron chi connectivity index (χ1n) is 4.57. The highest BCUT2D eigenvalue weighted by atomic mass is 79.9. The van der Waals surface area contributed by atoms with E-state index in [1.54, 1.807) is 24.4 Å². The van der Waals surface area contributed by atoms with Gasteiger partial charge in [-0.05, 0) is 18.6 Å². The Morgan fingerprint density at radius 2 is 2.43 bits per heavy atom. The van der Waals surface area contributed by atoms with Crippen molar-refractivity contribution in [1.29, 1.82) is 0 Å². The first-order valence-corrected chi connectivity index (χ1v) is 5.49. The highest BCUT2D eigenvalue weighted by Gasteiger charge is 2.07. The second-order valence-corrected chi connectivity index (χ2v) is 4.23. The minimum absolute atomic E-state index is 0.122. The van der Waals surface area contributed by atoms with E-state index in [-0.39, 0.29) is 5.91 Å². The van der Waals surface area contributed by atoms with Crippen molar-refractivity contribution in [2.45, 2.75) is 18.2 Å². The quantitative estimate of drug-likeness (QED) is 0.838. The minimum atomic E-state index is -0.122. The Hall–Kier alpha value is -0.900. The van der Waals surface area contributed by atoms with Crippen molar-refractivity contribution >= 4 is 21.8 Å². The van der Waals surface area contributed by atoms with Crippen molar-refractivity contribution in [3.8, 4) is 0 Å². The van der Waals surface area contributed by atoms with Gasteiger partial charge in [-0.2, -0.15) is 0 Å². The van der Waals surface area contributed by atoms with Crippen LogP contribution in [-0.2, 0) is 0 Å². The summed E-state index contributed by atoms with van der Waals surface area (Å²) in [5, 5.41) is 2.80. The zero-order chi connectivity index (χ0) is 10.4. The predicted octanol–water partition coefficient (Wildman–Crippen LogP) is 1.98. The third-order valence-corrected chi connectivity index (χ3v) is 2.80. The molecule has 1 aromatic rings. The van der Waals surface area contributed by atoms with Gasteiger partial charge >= 0.3 is 0 Å². The molecule has 1 unspecified atom stereocenters. The Morgan fingerprint density at radius 1 is 1.64 bits per heavy atom. The smallest absolute Gasteiger partial charge is 0.269 e. The summed E-state index contributed by atoms with van der Waals surface area (Å²) in [7, 11) is 0. The van der Waals surface area contributed by atoms with Crippen LogP contribution in [0.4, 0.5) is 0 Å². The van der Waals surface area contributed by atoms with Gasteiger partial charge in [0.1, 0.15) is 5.69 Å². The van der Waals surface area contributed by atoms with Crippen LogP contribution in [0.5, 0.6) is 0 Å². The molecule has 0 radical (unpaired) electrons. The van der Waals surface area contributed by atoms with E-state index in [9.17, 15) is 4.79 Å². The van der Waals surface area contributed by atoms with Crippen LogP contribution in [0.3, 0.4) is 0 Å². The molecule has 14 heavy (non-hydrogen) atoms. The molecule has 4 heteroatoms. The molecule has 0 aliphatic carbocycles. The van der Waals surface area contributed by atoms with E-state index in [0.29, 0.717) is 17.1 Å². The van der Waals surface area contributed by atoms with Crippen LogP contribution in [0, 0.1) is 0 Å². The number of nitrogens with zero attached hydrogens (tertiary/aromatic N) is 1. The van der Waals surface area contributed by atoms with Crippen molar-refractivity contribution in [3.63, 3.8) is 0 Å². The summed E-state index contributed by atoms with van der Waals surface area (Å²) < 4.78 is 0. The van der Waals surface area contributed by atoms with E-state index in [4.69, 9.17) is 0 Å². The Kier molecular flexibility index (Phi) is 4.59. The van der Waals surface area contributed by atoms with Gasteiger partial charge in [0.05, 0.1) is 0 Å². The van der Waals surface area contributed by atoms with Crippen molar-refractivity contribution in [3.05, 3.63) is 30.1 Å². The molecule has 0 aromatic carbocycles. The van der Waals surface area contributed by atoms with Crippen LogP contribution in [0.25, 0.3) is 0 Å². The number of pyridine rings is 1. The standard InChI is InChI=1S/C10H13BrN2O/c1-2-8(11)7-13-10(14)9-5-3-4-6-12-9/h3-6,8H,2,7H2,1H3,(H,13,14). The summed E-state index contributed by atoms with van der Waals surface area (Å²) in [5.41, 5.74) is 0.461. The molecule has 0 aliphatic heterocycles. The molecule has 3 nitrogen and oxygen atoms in total. The highest BCUT2D eigenvalue weighted by Crippen LogP contribution is 2.02. The third kappa shape index (κ3) is 3.46. The SMILES string of the molecule is CCC(Br)CNC(=O)c1ccccn1. The van der Waals surface area contributed by atoms with E-state index >= 15 is 0 Å². The van der Waals surface area contributed by atoms with Gasteiger partial charge in [-0.15, -0.1) is 0 Å². The second-order valence-electron chi connectivity index (χ2n) is 2.93. The molecule has 0 saturated carbocycles.